The smallest absolute Gasteiger partial charge is 0.132 e. The molecule has 1 saturated heterocycles. The number of nitrogens with two attached hydrogens (primary N) is 1. The van der Waals surface area contributed by atoms with E-state index < -0.39 is 0 Å². The van der Waals surface area contributed by atoms with Crippen molar-refractivity contribution in [1.82, 2.24) is 0 Å². The van der Waals surface area contributed by atoms with E-state index in [1.54, 1.807) is 0 Å². The summed E-state index contributed by atoms with van der Waals surface area (Å²) < 4.78 is 11.4. The van der Waals surface area contributed by atoms with Gasteiger partial charge in [-0.05, 0) is 19.9 Å². The number of ether oxygens (including phenoxy) is 2. The molecule has 2 atom stereocenters. The molecule has 88 valence electrons. The largest absolute Gasteiger partial charge is 0.485 e. The van der Waals surface area contributed by atoms with E-state index in [1.165, 1.54) is 0 Å². The van der Waals surface area contributed by atoms with Gasteiger partial charge in [0.2, 0.25) is 0 Å². The van der Waals surface area contributed by atoms with E-state index in [-0.39, 0.29) is 17.8 Å². The second-order valence-electron chi connectivity index (χ2n) is 4.48. The van der Waals surface area contributed by atoms with Crippen molar-refractivity contribution < 1.29 is 9.47 Å². The highest BCUT2D eigenvalue weighted by molar-refractivity contribution is 5.52. The topological polar surface area (TPSA) is 47.8 Å². The van der Waals surface area contributed by atoms with Gasteiger partial charge in [-0.25, -0.2) is 0 Å². The molecule has 3 rings (SSSR count). The zero-order valence-corrected chi connectivity index (χ0v) is 10.3. The Labute approximate surface area is 96.5 Å². The predicted molar refractivity (Wildman–Crippen MR) is 64.5 cm³/mol. The molecule has 3 heteroatoms. The third-order valence-corrected chi connectivity index (χ3v) is 2.89. The molecule has 1 fully saturated rings. The van der Waals surface area contributed by atoms with Gasteiger partial charge in [0.15, 0.2) is 0 Å². The van der Waals surface area contributed by atoms with Gasteiger partial charge in [-0.1, -0.05) is 19.9 Å². The van der Waals surface area contributed by atoms with E-state index in [0.29, 0.717) is 0 Å². The van der Waals surface area contributed by atoms with Gasteiger partial charge < -0.3 is 15.2 Å². The van der Waals surface area contributed by atoms with Crippen molar-refractivity contribution in [2.24, 2.45) is 0 Å². The van der Waals surface area contributed by atoms with Gasteiger partial charge in [-0.15, -0.1) is 0 Å². The fraction of sp³-hybridized carbons (Fsp3) is 0.538. The number of hydrogen-bond donors (Lipinski definition) is 1. The van der Waals surface area contributed by atoms with Crippen LogP contribution < -0.4 is 10.5 Å². The molecule has 2 aliphatic rings. The Morgan fingerprint density at radius 2 is 1.94 bits per heavy atom. The normalized spacial score (nSPS) is 27.8. The molecule has 3 nitrogen and oxygen atoms in total. The highest BCUT2D eigenvalue weighted by Crippen LogP contribution is 2.53. The fourth-order valence-corrected chi connectivity index (χ4v) is 2.09. The Hall–Kier alpha value is -1.22. The quantitative estimate of drug-likeness (QED) is 0.541. The molecule has 0 radical (unpaired) electrons. The van der Waals surface area contributed by atoms with Crippen molar-refractivity contribution in [2.75, 3.05) is 5.73 Å². The maximum atomic E-state index is 5.85. The summed E-state index contributed by atoms with van der Waals surface area (Å²) in [7, 11) is 0. The van der Waals surface area contributed by atoms with Crippen LogP contribution >= 0.6 is 0 Å². The maximum Gasteiger partial charge on any atom is 0.132 e. The molecule has 16 heavy (non-hydrogen) atoms. The second kappa shape index (κ2) is 3.67. The average molecular weight is 221 g/mol. The van der Waals surface area contributed by atoms with Crippen molar-refractivity contribution in [3.8, 4) is 5.75 Å². The number of hydrogen-bond acceptors (Lipinski definition) is 3. The van der Waals surface area contributed by atoms with Crippen molar-refractivity contribution in [2.45, 2.75) is 45.5 Å². The van der Waals surface area contributed by atoms with Crippen molar-refractivity contribution in [3.63, 3.8) is 0 Å². The first-order valence-corrected chi connectivity index (χ1v) is 5.82. The number of rotatable bonds is 0. The standard InChI is InChI=1S/C11H13NO2.C2H6/c1-11(2)10-9(13-10)7-4-3-6(12)5-8(7)14-11;1-2/h3-5,9-10H,12H2,1-2H3;1-2H3/t9-,10-;/m1./s1. The van der Waals surface area contributed by atoms with Crippen molar-refractivity contribution >= 4 is 5.69 Å². The zero-order valence-electron chi connectivity index (χ0n) is 10.3. The van der Waals surface area contributed by atoms with Crippen LogP contribution in [0.5, 0.6) is 5.75 Å². The molecule has 2 aliphatic heterocycles. The van der Waals surface area contributed by atoms with Crippen LogP contribution in [0.3, 0.4) is 0 Å². The summed E-state index contributed by atoms with van der Waals surface area (Å²) in [6.45, 7) is 8.09. The molecule has 0 spiro atoms. The number of nitrogen functional groups attached to an aromatic ring is 1. The molecule has 0 aromatic heterocycles. The van der Waals surface area contributed by atoms with Crippen LogP contribution in [0.4, 0.5) is 5.69 Å². The van der Waals surface area contributed by atoms with E-state index in [1.807, 2.05) is 45.9 Å². The van der Waals surface area contributed by atoms with E-state index in [0.717, 1.165) is 17.0 Å². The summed E-state index contributed by atoms with van der Waals surface area (Å²) in [6.07, 6.45) is 0.424. The summed E-state index contributed by atoms with van der Waals surface area (Å²) in [6, 6.07) is 5.75. The Morgan fingerprint density at radius 1 is 1.25 bits per heavy atom. The molecular formula is C13H19NO2. The number of epoxide rings is 1. The van der Waals surface area contributed by atoms with Crippen LogP contribution in [0.1, 0.15) is 39.4 Å². The molecule has 0 amide bonds. The summed E-state index contributed by atoms with van der Waals surface area (Å²) in [5, 5.41) is 0. The SMILES string of the molecule is CC.CC1(C)Oc2cc(N)ccc2[C@H]2O[C@H]21. The molecule has 0 aliphatic carbocycles. The van der Waals surface area contributed by atoms with Gasteiger partial charge >= 0.3 is 0 Å². The van der Waals surface area contributed by atoms with Gasteiger partial charge in [0.25, 0.3) is 0 Å². The first-order valence-electron chi connectivity index (χ1n) is 5.82. The average Bonchev–Trinajstić information content (AvgIpc) is 3.00. The van der Waals surface area contributed by atoms with Crippen LogP contribution in [0.15, 0.2) is 18.2 Å². The lowest BCUT2D eigenvalue weighted by atomic mass is 9.94. The fourth-order valence-electron chi connectivity index (χ4n) is 2.09. The van der Waals surface area contributed by atoms with Crippen LogP contribution in [0.25, 0.3) is 0 Å². The van der Waals surface area contributed by atoms with Crippen molar-refractivity contribution in [1.29, 1.82) is 0 Å². The molecular weight excluding hydrogens is 202 g/mol. The predicted octanol–water partition coefficient (Wildman–Crippen LogP) is 2.91. The van der Waals surface area contributed by atoms with E-state index in [2.05, 4.69) is 0 Å². The molecule has 1 aromatic rings. The van der Waals surface area contributed by atoms with Crippen LogP contribution in [0, 0.1) is 0 Å². The van der Waals surface area contributed by atoms with Crippen molar-refractivity contribution in [3.05, 3.63) is 23.8 Å². The Balaban J connectivity index is 0.000000457. The molecule has 0 unspecified atom stereocenters. The van der Waals surface area contributed by atoms with E-state index in [4.69, 9.17) is 15.2 Å². The molecule has 0 bridgehead atoms. The van der Waals surface area contributed by atoms with Gasteiger partial charge in [0.1, 0.15) is 23.6 Å². The lowest BCUT2D eigenvalue weighted by Gasteiger charge is -2.29. The molecule has 2 N–H and O–H groups in total. The summed E-state index contributed by atoms with van der Waals surface area (Å²) in [4.78, 5) is 0. The lowest BCUT2D eigenvalue weighted by molar-refractivity contribution is 0.0726. The van der Waals surface area contributed by atoms with Crippen LogP contribution in [-0.4, -0.2) is 11.7 Å². The highest BCUT2D eigenvalue weighted by Gasteiger charge is 2.56. The number of benzene rings is 1. The highest BCUT2D eigenvalue weighted by atomic mass is 16.6. The molecule has 0 saturated carbocycles. The Morgan fingerprint density at radius 3 is 2.62 bits per heavy atom. The van der Waals surface area contributed by atoms with Crippen LogP contribution in [-0.2, 0) is 4.74 Å². The van der Waals surface area contributed by atoms with Crippen LogP contribution in [0.2, 0.25) is 0 Å². The van der Waals surface area contributed by atoms with E-state index >= 15 is 0 Å². The van der Waals surface area contributed by atoms with Gasteiger partial charge in [-0.2, -0.15) is 0 Å². The maximum absolute atomic E-state index is 5.85. The minimum Gasteiger partial charge on any atom is -0.485 e. The first-order chi connectivity index (χ1) is 7.58. The number of fused-ring (bicyclic) bond motifs is 3. The Bertz CT molecular complexity index is 401. The third kappa shape index (κ3) is 1.65. The lowest BCUT2D eigenvalue weighted by Crippen LogP contribution is -2.37. The Kier molecular flexibility index (Phi) is 2.58. The third-order valence-electron chi connectivity index (χ3n) is 2.89. The minimum absolute atomic E-state index is 0.207. The van der Waals surface area contributed by atoms with Gasteiger partial charge in [-0.3, -0.25) is 0 Å². The zero-order chi connectivity index (χ0) is 11.9. The summed E-state index contributed by atoms with van der Waals surface area (Å²) in [5.74, 6) is 0.869. The molecule has 2 heterocycles. The second-order valence-corrected chi connectivity index (χ2v) is 4.48. The first kappa shape index (κ1) is 11.3. The van der Waals surface area contributed by atoms with Gasteiger partial charge in [0.05, 0.1) is 0 Å². The monoisotopic (exact) mass is 221 g/mol. The molecule has 1 aromatic carbocycles. The summed E-state index contributed by atoms with van der Waals surface area (Å²) >= 11 is 0. The van der Waals surface area contributed by atoms with E-state index in [9.17, 15) is 0 Å². The summed E-state index contributed by atoms with van der Waals surface area (Å²) in [5.41, 5.74) is 7.34. The number of anilines is 1. The van der Waals surface area contributed by atoms with Gasteiger partial charge in [0, 0.05) is 17.3 Å². The minimum atomic E-state index is -0.231.